The molecule has 0 radical (unpaired) electrons. The maximum atomic E-state index is 6.19. The molecule has 0 amide bonds. The number of nitrogens with two attached hydrogens (primary N) is 1. The molecule has 2 heterocycles. The zero-order chi connectivity index (χ0) is 13.2. The van der Waals surface area contributed by atoms with Crippen LogP contribution in [0.2, 0.25) is 5.02 Å². The first-order valence-corrected chi connectivity index (χ1v) is 7.37. The van der Waals surface area contributed by atoms with Crippen LogP contribution in [0.5, 0.6) is 0 Å². The molecule has 1 unspecified atom stereocenters. The van der Waals surface area contributed by atoms with E-state index in [9.17, 15) is 0 Å². The van der Waals surface area contributed by atoms with E-state index in [1.807, 2.05) is 46.4 Å². The number of aromatic nitrogens is 2. The van der Waals surface area contributed by atoms with Gasteiger partial charge in [-0.05, 0) is 24.1 Å². The third-order valence-corrected chi connectivity index (χ3v) is 4.05. The fourth-order valence-corrected chi connectivity index (χ4v) is 2.98. The van der Waals surface area contributed by atoms with Gasteiger partial charge < -0.3 is 5.73 Å². The van der Waals surface area contributed by atoms with Crippen molar-refractivity contribution in [3.8, 4) is 0 Å². The lowest BCUT2D eigenvalue weighted by Crippen LogP contribution is -2.25. The minimum atomic E-state index is 0.0748. The van der Waals surface area contributed by atoms with E-state index in [-0.39, 0.29) is 6.04 Å². The van der Waals surface area contributed by atoms with Gasteiger partial charge in [-0.1, -0.05) is 23.7 Å². The highest BCUT2D eigenvalue weighted by Gasteiger charge is 2.09. The Kier molecular flexibility index (Phi) is 3.55. The molecule has 0 aliphatic heterocycles. The summed E-state index contributed by atoms with van der Waals surface area (Å²) >= 11 is 7.50. The van der Waals surface area contributed by atoms with Gasteiger partial charge in [-0.2, -0.15) is 0 Å². The van der Waals surface area contributed by atoms with Crippen molar-refractivity contribution in [2.75, 3.05) is 0 Å². The van der Waals surface area contributed by atoms with Crippen molar-refractivity contribution in [3.05, 3.63) is 58.3 Å². The number of rotatable bonds is 4. The Morgan fingerprint density at radius 2 is 2.05 bits per heavy atom. The number of thiazole rings is 1. The van der Waals surface area contributed by atoms with Gasteiger partial charge in [0.25, 0.3) is 0 Å². The highest BCUT2D eigenvalue weighted by Crippen LogP contribution is 2.14. The number of hydrogen-bond acceptors (Lipinski definition) is 3. The van der Waals surface area contributed by atoms with Crippen molar-refractivity contribution in [3.63, 3.8) is 0 Å². The molecule has 0 aliphatic carbocycles. The van der Waals surface area contributed by atoms with Crippen LogP contribution in [-0.4, -0.2) is 15.4 Å². The number of nitrogens with zero attached hydrogens (tertiary/aromatic N) is 2. The van der Waals surface area contributed by atoms with E-state index in [0.717, 1.165) is 28.5 Å². The molecule has 19 heavy (non-hydrogen) atoms. The Morgan fingerprint density at radius 3 is 2.79 bits per heavy atom. The molecule has 3 aromatic rings. The molecule has 98 valence electrons. The monoisotopic (exact) mass is 291 g/mol. The van der Waals surface area contributed by atoms with E-state index >= 15 is 0 Å². The summed E-state index contributed by atoms with van der Waals surface area (Å²) in [5, 5.41) is 2.78. The highest BCUT2D eigenvalue weighted by molar-refractivity contribution is 7.15. The molecule has 3 nitrogen and oxygen atoms in total. The van der Waals surface area contributed by atoms with Gasteiger partial charge in [0, 0.05) is 35.3 Å². The normalized spacial score (nSPS) is 12.9. The van der Waals surface area contributed by atoms with Gasteiger partial charge in [0.15, 0.2) is 4.96 Å². The molecule has 2 N–H and O–H groups in total. The van der Waals surface area contributed by atoms with E-state index in [4.69, 9.17) is 17.3 Å². The number of benzene rings is 1. The lowest BCUT2D eigenvalue weighted by Gasteiger charge is -2.09. The van der Waals surface area contributed by atoms with Crippen LogP contribution in [0.15, 0.2) is 42.0 Å². The average Bonchev–Trinajstić information content (AvgIpc) is 2.92. The van der Waals surface area contributed by atoms with Crippen LogP contribution >= 0.6 is 22.9 Å². The van der Waals surface area contributed by atoms with Gasteiger partial charge in [-0.15, -0.1) is 11.3 Å². The molecule has 0 bridgehead atoms. The maximum absolute atomic E-state index is 6.19. The van der Waals surface area contributed by atoms with E-state index in [1.54, 1.807) is 11.3 Å². The molecule has 0 saturated carbocycles. The van der Waals surface area contributed by atoms with Crippen molar-refractivity contribution in [2.24, 2.45) is 5.73 Å². The van der Waals surface area contributed by atoms with E-state index in [1.165, 1.54) is 5.56 Å². The summed E-state index contributed by atoms with van der Waals surface area (Å²) in [6.45, 7) is 0. The molecule has 0 spiro atoms. The lowest BCUT2D eigenvalue weighted by molar-refractivity contribution is 0.656. The van der Waals surface area contributed by atoms with Crippen LogP contribution in [0.25, 0.3) is 4.96 Å². The van der Waals surface area contributed by atoms with Crippen LogP contribution in [0.3, 0.4) is 0 Å². The van der Waals surface area contributed by atoms with Gasteiger partial charge in [-0.25, -0.2) is 4.98 Å². The quantitative estimate of drug-likeness (QED) is 0.802. The standard InChI is InChI=1S/C14H14ClN3S/c15-11-3-1-10(2-4-11)7-12(16)8-13-9-18-5-6-19-14(18)17-13/h1-6,9,12H,7-8,16H2. The van der Waals surface area contributed by atoms with Crippen LogP contribution in [0, 0.1) is 0 Å². The summed E-state index contributed by atoms with van der Waals surface area (Å²) in [5.74, 6) is 0. The van der Waals surface area contributed by atoms with E-state index in [2.05, 4.69) is 4.98 Å². The topological polar surface area (TPSA) is 43.3 Å². The second kappa shape index (κ2) is 5.33. The Hall–Kier alpha value is -1.36. The van der Waals surface area contributed by atoms with Gasteiger partial charge in [-0.3, -0.25) is 4.40 Å². The Balaban J connectivity index is 1.66. The second-order valence-electron chi connectivity index (χ2n) is 4.62. The predicted octanol–water partition coefficient (Wildman–Crippen LogP) is 3.16. The van der Waals surface area contributed by atoms with Crippen LogP contribution in [-0.2, 0) is 12.8 Å². The Bertz CT molecular complexity index is 643. The van der Waals surface area contributed by atoms with Gasteiger partial charge >= 0.3 is 0 Å². The van der Waals surface area contributed by atoms with Gasteiger partial charge in [0.1, 0.15) is 0 Å². The molecule has 0 aliphatic rings. The summed E-state index contributed by atoms with van der Waals surface area (Å²) < 4.78 is 2.04. The maximum Gasteiger partial charge on any atom is 0.193 e. The molecule has 5 heteroatoms. The summed E-state index contributed by atoms with van der Waals surface area (Å²) in [5.41, 5.74) is 8.44. The largest absolute Gasteiger partial charge is 0.327 e. The minimum Gasteiger partial charge on any atom is -0.327 e. The van der Waals surface area contributed by atoms with E-state index < -0.39 is 0 Å². The molecule has 1 atom stereocenters. The first-order chi connectivity index (χ1) is 9.20. The molecular weight excluding hydrogens is 278 g/mol. The number of imidazole rings is 1. The van der Waals surface area contributed by atoms with Crippen LogP contribution in [0.1, 0.15) is 11.3 Å². The fourth-order valence-electron chi connectivity index (χ4n) is 2.14. The third kappa shape index (κ3) is 2.97. The molecule has 1 aromatic carbocycles. The summed E-state index contributed by atoms with van der Waals surface area (Å²) in [6.07, 6.45) is 5.69. The van der Waals surface area contributed by atoms with Gasteiger partial charge in [0.05, 0.1) is 5.69 Å². The molecule has 3 rings (SSSR count). The van der Waals surface area contributed by atoms with Crippen LogP contribution in [0.4, 0.5) is 0 Å². The minimum absolute atomic E-state index is 0.0748. The summed E-state index contributed by atoms with van der Waals surface area (Å²) in [7, 11) is 0. The molecular formula is C14H14ClN3S. The van der Waals surface area contributed by atoms with Crippen molar-refractivity contribution >= 4 is 27.9 Å². The van der Waals surface area contributed by atoms with Crippen molar-refractivity contribution in [2.45, 2.75) is 18.9 Å². The van der Waals surface area contributed by atoms with Crippen molar-refractivity contribution in [1.29, 1.82) is 0 Å². The number of halogens is 1. The van der Waals surface area contributed by atoms with Gasteiger partial charge in [0.2, 0.25) is 0 Å². The molecule has 0 saturated heterocycles. The second-order valence-corrected chi connectivity index (χ2v) is 5.93. The Morgan fingerprint density at radius 1 is 1.26 bits per heavy atom. The van der Waals surface area contributed by atoms with Crippen LogP contribution < -0.4 is 5.73 Å². The first kappa shape index (κ1) is 12.7. The fraction of sp³-hybridized carbons (Fsp3) is 0.214. The predicted molar refractivity (Wildman–Crippen MR) is 79.9 cm³/mol. The number of fused-ring (bicyclic) bond motifs is 1. The van der Waals surface area contributed by atoms with Crippen molar-refractivity contribution in [1.82, 2.24) is 9.38 Å². The first-order valence-electron chi connectivity index (χ1n) is 6.12. The highest BCUT2D eigenvalue weighted by atomic mass is 35.5. The molecule has 0 fully saturated rings. The average molecular weight is 292 g/mol. The zero-order valence-electron chi connectivity index (χ0n) is 10.3. The van der Waals surface area contributed by atoms with Crippen molar-refractivity contribution < 1.29 is 0 Å². The number of hydrogen-bond donors (Lipinski definition) is 1. The smallest absolute Gasteiger partial charge is 0.193 e. The Labute approximate surface area is 120 Å². The molecule has 2 aromatic heterocycles. The lowest BCUT2D eigenvalue weighted by atomic mass is 10.0. The summed E-state index contributed by atoms with van der Waals surface area (Å²) in [6, 6.07) is 7.92. The summed E-state index contributed by atoms with van der Waals surface area (Å²) in [4.78, 5) is 5.57. The van der Waals surface area contributed by atoms with E-state index in [0.29, 0.717) is 0 Å². The SMILES string of the molecule is NC(Cc1ccc(Cl)cc1)Cc1cn2ccsc2n1. The third-order valence-electron chi connectivity index (χ3n) is 3.03. The zero-order valence-corrected chi connectivity index (χ0v) is 11.9.